The molecule has 2 heterocycles. The van der Waals surface area contributed by atoms with Gasteiger partial charge in [0.2, 0.25) is 0 Å². The molecular formula is C13H13F5N2O3S. The van der Waals surface area contributed by atoms with Crippen molar-refractivity contribution in [2.24, 2.45) is 0 Å². The Balaban J connectivity index is 2.00. The molecule has 0 saturated carbocycles. The number of hydrogen-bond acceptors (Lipinski definition) is 3. The first-order valence-corrected chi connectivity index (χ1v) is 8.38. The Bertz CT molecular complexity index is 748. The number of ether oxygens (including phenoxy) is 1. The summed E-state index contributed by atoms with van der Waals surface area (Å²) < 4.78 is 98.2. The summed E-state index contributed by atoms with van der Waals surface area (Å²) in [6.07, 6.45) is -4.98. The Labute approximate surface area is 134 Å². The molecule has 0 aliphatic carbocycles. The van der Waals surface area contributed by atoms with Gasteiger partial charge in [-0.25, -0.2) is 8.78 Å². The van der Waals surface area contributed by atoms with E-state index in [0.717, 1.165) is 10.4 Å². The second-order valence-corrected chi connectivity index (χ2v) is 7.37. The molecular weight excluding hydrogens is 359 g/mol. The number of hydrogen-bond donors (Lipinski definition) is 0. The Morgan fingerprint density at radius 1 is 1.08 bits per heavy atom. The van der Waals surface area contributed by atoms with Gasteiger partial charge < -0.3 is 4.74 Å². The van der Waals surface area contributed by atoms with Crippen LogP contribution in [0.25, 0.3) is 0 Å². The van der Waals surface area contributed by atoms with Gasteiger partial charge in [-0.3, -0.25) is 0 Å². The van der Waals surface area contributed by atoms with E-state index in [9.17, 15) is 30.4 Å². The molecule has 0 radical (unpaired) electrons. The van der Waals surface area contributed by atoms with Crippen LogP contribution in [0.4, 0.5) is 22.0 Å². The van der Waals surface area contributed by atoms with Gasteiger partial charge in [0.1, 0.15) is 0 Å². The standard InChI is InChI=1S/C13H13F5N2O3S/c14-10-2-1-9(7-11(10)15)12(13(16,17)18)8-20(12)24(21,22)19-3-5-23-6-4-19/h1-2,7H,3-6,8H2/t12-,20?/m0/s1. The van der Waals surface area contributed by atoms with Gasteiger partial charge in [0, 0.05) is 19.6 Å². The zero-order valence-corrected chi connectivity index (χ0v) is 13.0. The van der Waals surface area contributed by atoms with Crippen molar-refractivity contribution in [3.05, 3.63) is 35.4 Å². The molecule has 1 aromatic carbocycles. The second-order valence-electron chi connectivity index (χ2n) is 5.51. The summed E-state index contributed by atoms with van der Waals surface area (Å²) in [7, 11) is -4.40. The predicted octanol–water partition coefficient (Wildman–Crippen LogP) is 1.62. The van der Waals surface area contributed by atoms with E-state index in [0.29, 0.717) is 12.1 Å². The number of morpholine rings is 1. The van der Waals surface area contributed by atoms with Crippen LogP contribution in [0.2, 0.25) is 0 Å². The number of alkyl halides is 3. The highest BCUT2D eigenvalue weighted by atomic mass is 32.2. The maximum absolute atomic E-state index is 13.6. The summed E-state index contributed by atoms with van der Waals surface area (Å²) in [5, 5.41) is 0. The van der Waals surface area contributed by atoms with Crippen LogP contribution >= 0.6 is 0 Å². The Morgan fingerprint density at radius 3 is 2.25 bits per heavy atom. The number of benzene rings is 1. The van der Waals surface area contributed by atoms with Crippen LogP contribution in [0.5, 0.6) is 0 Å². The second kappa shape index (κ2) is 5.61. The highest BCUT2D eigenvalue weighted by Gasteiger charge is 2.75. The first-order chi connectivity index (χ1) is 11.1. The van der Waals surface area contributed by atoms with Crippen molar-refractivity contribution < 1.29 is 35.1 Å². The Morgan fingerprint density at radius 2 is 1.71 bits per heavy atom. The molecule has 134 valence electrons. The molecule has 2 aliphatic heterocycles. The van der Waals surface area contributed by atoms with E-state index in [4.69, 9.17) is 4.74 Å². The fraction of sp³-hybridized carbons (Fsp3) is 0.538. The largest absolute Gasteiger partial charge is 0.413 e. The maximum atomic E-state index is 13.6. The summed E-state index contributed by atoms with van der Waals surface area (Å²) in [5.74, 6) is -2.77. The molecule has 2 fully saturated rings. The summed E-state index contributed by atoms with van der Waals surface area (Å²) >= 11 is 0. The number of rotatable bonds is 3. The number of nitrogens with zero attached hydrogens (tertiary/aromatic N) is 2. The third-order valence-corrected chi connectivity index (χ3v) is 6.15. The number of halogens is 5. The molecule has 0 aromatic heterocycles. The van der Waals surface area contributed by atoms with E-state index < -0.39 is 45.7 Å². The quantitative estimate of drug-likeness (QED) is 0.599. The summed E-state index contributed by atoms with van der Waals surface area (Å²) in [5.41, 5.74) is -3.52. The average Bonchev–Trinajstić information content (AvgIpc) is 3.28. The van der Waals surface area contributed by atoms with Crippen molar-refractivity contribution >= 4 is 10.2 Å². The molecule has 2 atom stereocenters. The van der Waals surface area contributed by atoms with Gasteiger partial charge in [-0.05, 0) is 17.7 Å². The van der Waals surface area contributed by atoms with Gasteiger partial charge in [0.25, 0.3) is 10.2 Å². The molecule has 0 spiro atoms. The SMILES string of the molecule is O=S(=O)(N1CCOCC1)N1C[C@]1(c1ccc(F)c(F)c1)C(F)(F)F. The highest BCUT2D eigenvalue weighted by molar-refractivity contribution is 7.87. The van der Waals surface area contributed by atoms with Crippen molar-refractivity contribution in [1.82, 2.24) is 8.61 Å². The monoisotopic (exact) mass is 372 g/mol. The zero-order chi connectivity index (χ0) is 17.8. The molecule has 0 bridgehead atoms. The molecule has 1 aromatic rings. The van der Waals surface area contributed by atoms with Gasteiger partial charge in [-0.2, -0.15) is 30.2 Å². The summed E-state index contributed by atoms with van der Waals surface area (Å²) in [6, 6.07) is 1.69. The predicted molar refractivity (Wildman–Crippen MR) is 72.1 cm³/mol. The molecule has 11 heteroatoms. The lowest BCUT2D eigenvalue weighted by Gasteiger charge is -2.29. The molecule has 5 nitrogen and oxygen atoms in total. The first kappa shape index (κ1) is 17.5. The van der Waals surface area contributed by atoms with E-state index in [1.54, 1.807) is 0 Å². The maximum Gasteiger partial charge on any atom is 0.413 e. The van der Waals surface area contributed by atoms with Crippen molar-refractivity contribution in [2.45, 2.75) is 11.7 Å². The molecule has 1 unspecified atom stereocenters. The van der Waals surface area contributed by atoms with Gasteiger partial charge in [-0.15, -0.1) is 0 Å². The van der Waals surface area contributed by atoms with Gasteiger partial charge in [0.15, 0.2) is 17.2 Å². The van der Waals surface area contributed by atoms with Gasteiger partial charge >= 0.3 is 6.18 Å². The molecule has 2 aliphatic rings. The van der Waals surface area contributed by atoms with Crippen molar-refractivity contribution in [3.8, 4) is 0 Å². The molecule has 0 N–H and O–H groups in total. The van der Waals surface area contributed by atoms with Crippen LogP contribution in [0.3, 0.4) is 0 Å². The minimum Gasteiger partial charge on any atom is -0.379 e. The van der Waals surface area contributed by atoms with Crippen LogP contribution in [-0.4, -0.2) is 56.1 Å². The van der Waals surface area contributed by atoms with Gasteiger partial charge in [0.05, 0.1) is 13.2 Å². The van der Waals surface area contributed by atoms with Gasteiger partial charge in [-0.1, -0.05) is 6.07 Å². The molecule has 24 heavy (non-hydrogen) atoms. The van der Waals surface area contributed by atoms with E-state index in [1.807, 2.05) is 0 Å². The van der Waals surface area contributed by atoms with E-state index in [-0.39, 0.29) is 30.6 Å². The van der Waals surface area contributed by atoms with Crippen molar-refractivity contribution in [2.75, 3.05) is 32.8 Å². The lowest BCUT2D eigenvalue weighted by molar-refractivity contribution is -0.168. The minimum atomic E-state index is -4.98. The van der Waals surface area contributed by atoms with Crippen LogP contribution in [0.15, 0.2) is 18.2 Å². The minimum absolute atomic E-state index is 0.0649. The highest BCUT2D eigenvalue weighted by Crippen LogP contribution is 2.56. The Kier molecular flexibility index (Phi) is 4.10. The third kappa shape index (κ3) is 2.59. The van der Waals surface area contributed by atoms with Crippen LogP contribution in [0, 0.1) is 11.6 Å². The fourth-order valence-electron chi connectivity index (χ4n) is 2.75. The lowest BCUT2D eigenvalue weighted by atomic mass is 9.98. The van der Waals surface area contributed by atoms with Crippen molar-refractivity contribution in [1.29, 1.82) is 0 Å². The van der Waals surface area contributed by atoms with Crippen LogP contribution < -0.4 is 0 Å². The van der Waals surface area contributed by atoms with Crippen LogP contribution in [0.1, 0.15) is 5.56 Å². The Hall–Kier alpha value is -1.30. The zero-order valence-electron chi connectivity index (χ0n) is 12.2. The first-order valence-electron chi connectivity index (χ1n) is 6.98. The summed E-state index contributed by atoms with van der Waals surface area (Å²) in [6.45, 7) is -0.842. The fourth-order valence-corrected chi connectivity index (χ4v) is 4.59. The summed E-state index contributed by atoms with van der Waals surface area (Å²) in [4.78, 5) is 0. The lowest BCUT2D eigenvalue weighted by Crippen LogP contribution is -2.46. The topological polar surface area (TPSA) is 49.6 Å². The van der Waals surface area contributed by atoms with E-state index in [1.165, 1.54) is 0 Å². The molecule has 0 amide bonds. The normalized spacial score (nSPS) is 28.8. The smallest absolute Gasteiger partial charge is 0.379 e. The van der Waals surface area contributed by atoms with E-state index >= 15 is 0 Å². The molecule has 2 saturated heterocycles. The molecule has 3 rings (SSSR count). The average molecular weight is 372 g/mol. The van der Waals surface area contributed by atoms with Crippen LogP contribution in [-0.2, 0) is 20.5 Å². The third-order valence-electron chi connectivity index (χ3n) is 4.14. The van der Waals surface area contributed by atoms with Crippen molar-refractivity contribution in [3.63, 3.8) is 0 Å². The van der Waals surface area contributed by atoms with E-state index in [2.05, 4.69) is 0 Å².